The summed E-state index contributed by atoms with van der Waals surface area (Å²) in [5.41, 5.74) is 0. The molecule has 0 spiro atoms. The number of nitrogens with one attached hydrogen (secondary N) is 2. The van der Waals surface area contributed by atoms with E-state index < -0.39 is 0 Å². The number of likely N-dealkylation sites (tertiary alicyclic amines) is 1. The maximum Gasteiger partial charge on any atom is 0.0791 e. The maximum absolute atomic E-state index is 6.85. The SMILES string of the molecule is CCCC1CCN(CCNC=N)CC1. The van der Waals surface area contributed by atoms with Gasteiger partial charge >= 0.3 is 0 Å². The highest BCUT2D eigenvalue weighted by atomic mass is 15.1. The van der Waals surface area contributed by atoms with Crippen LogP contribution in [0.1, 0.15) is 32.6 Å². The number of hydrogen-bond donors (Lipinski definition) is 2. The molecule has 1 aliphatic heterocycles. The highest BCUT2D eigenvalue weighted by Crippen LogP contribution is 2.21. The van der Waals surface area contributed by atoms with Gasteiger partial charge in [0.2, 0.25) is 0 Å². The third-order valence-electron chi connectivity index (χ3n) is 3.08. The van der Waals surface area contributed by atoms with Crippen molar-refractivity contribution < 1.29 is 0 Å². The number of piperidine rings is 1. The minimum absolute atomic E-state index is 0.919. The van der Waals surface area contributed by atoms with Crippen LogP contribution in [0, 0.1) is 11.3 Å². The van der Waals surface area contributed by atoms with Gasteiger partial charge in [-0.2, -0.15) is 0 Å². The van der Waals surface area contributed by atoms with E-state index in [2.05, 4.69) is 17.1 Å². The molecule has 2 N–H and O–H groups in total. The monoisotopic (exact) mass is 197 g/mol. The van der Waals surface area contributed by atoms with E-state index in [0.717, 1.165) is 19.0 Å². The maximum atomic E-state index is 6.85. The van der Waals surface area contributed by atoms with Crippen LogP contribution >= 0.6 is 0 Å². The molecule has 0 radical (unpaired) electrons. The molecule has 0 aromatic carbocycles. The van der Waals surface area contributed by atoms with Crippen LogP contribution in [-0.4, -0.2) is 37.4 Å². The van der Waals surface area contributed by atoms with Gasteiger partial charge in [-0.3, -0.25) is 5.41 Å². The molecule has 3 heteroatoms. The van der Waals surface area contributed by atoms with E-state index >= 15 is 0 Å². The molecule has 1 saturated heterocycles. The van der Waals surface area contributed by atoms with Crippen LogP contribution in [0.2, 0.25) is 0 Å². The molecular weight excluding hydrogens is 174 g/mol. The Kier molecular flexibility index (Phi) is 5.60. The van der Waals surface area contributed by atoms with Gasteiger partial charge in [-0.25, -0.2) is 0 Å². The Morgan fingerprint density at radius 3 is 2.71 bits per heavy atom. The minimum atomic E-state index is 0.919. The third kappa shape index (κ3) is 4.09. The van der Waals surface area contributed by atoms with Crippen molar-refractivity contribution in [3.05, 3.63) is 0 Å². The molecule has 1 fully saturated rings. The summed E-state index contributed by atoms with van der Waals surface area (Å²) in [4.78, 5) is 2.50. The molecule has 0 aromatic heterocycles. The van der Waals surface area contributed by atoms with Gasteiger partial charge in [0.1, 0.15) is 0 Å². The topological polar surface area (TPSA) is 39.1 Å². The zero-order valence-corrected chi connectivity index (χ0v) is 9.26. The highest BCUT2D eigenvalue weighted by Gasteiger charge is 2.17. The second-order valence-electron chi connectivity index (χ2n) is 4.17. The van der Waals surface area contributed by atoms with Crippen LogP contribution in [0.5, 0.6) is 0 Å². The summed E-state index contributed by atoms with van der Waals surface area (Å²) >= 11 is 0. The van der Waals surface area contributed by atoms with Gasteiger partial charge < -0.3 is 10.2 Å². The van der Waals surface area contributed by atoms with Gasteiger partial charge in [0.05, 0.1) is 6.34 Å². The Morgan fingerprint density at radius 2 is 2.14 bits per heavy atom. The van der Waals surface area contributed by atoms with Crippen molar-refractivity contribution in [1.82, 2.24) is 10.2 Å². The van der Waals surface area contributed by atoms with Crippen LogP contribution in [0.3, 0.4) is 0 Å². The van der Waals surface area contributed by atoms with Crippen molar-refractivity contribution in [2.75, 3.05) is 26.2 Å². The smallest absolute Gasteiger partial charge is 0.0791 e. The van der Waals surface area contributed by atoms with E-state index in [1.165, 1.54) is 45.1 Å². The molecule has 3 nitrogen and oxygen atoms in total. The summed E-state index contributed by atoms with van der Waals surface area (Å²) in [6.45, 7) is 6.80. The van der Waals surface area contributed by atoms with Gasteiger partial charge in [0.15, 0.2) is 0 Å². The van der Waals surface area contributed by atoms with Crippen LogP contribution < -0.4 is 5.32 Å². The van der Waals surface area contributed by atoms with Crippen molar-refractivity contribution in [3.8, 4) is 0 Å². The van der Waals surface area contributed by atoms with Gasteiger partial charge in [-0.15, -0.1) is 0 Å². The number of rotatable bonds is 6. The molecule has 0 aromatic rings. The fraction of sp³-hybridized carbons (Fsp3) is 0.909. The van der Waals surface area contributed by atoms with Gasteiger partial charge in [0.25, 0.3) is 0 Å². The number of hydrogen-bond acceptors (Lipinski definition) is 2. The molecule has 1 aliphatic rings. The second kappa shape index (κ2) is 6.82. The quantitative estimate of drug-likeness (QED) is 0.386. The highest BCUT2D eigenvalue weighted by molar-refractivity contribution is 5.49. The molecule has 0 aliphatic carbocycles. The third-order valence-corrected chi connectivity index (χ3v) is 3.08. The van der Waals surface area contributed by atoms with Crippen LogP contribution in [0.4, 0.5) is 0 Å². The molecule has 0 saturated carbocycles. The predicted molar refractivity (Wildman–Crippen MR) is 60.9 cm³/mol. The molecule has 0 unspecified atom stereocenters. The molecule has 0 bridgehead atoms. The first-order chi connectivity index (χ1) is 6.86. The standard InChI is InChI=1S/C11H23N3/c1-2-3-11-4-7-14(8-5-11)9-6-13-10-12/h10-11H,2-9H2,1H3,(H2,12,13). The van der Waals surface area contributed by atoms with Crippen molar-refractivity contribution in [1.29, 1.82) is 5.41 Å². The Morgan fingerprint density at radius 1 is 1.43 bits per heavy atom. The molecule has 14 heavy (non-hydrogen) atoms. The summed E-state index contributed by atoms with van der Waals surface area (Å²) in [5.74, 6) is 0.979. The lowest BCUT2D eigenvalue weighted by molar-refractivity contribution is 0.181. The van der Waals surface area contributed by atoms with E-state index in [4.69, 9.17) is 5.41 Å². The van der Waals surface area contributed by atoms with Crippen molar-refractivity contribution in [2.24, 2.45) is 5.92 Å². The Bertz CT molecular complexity index is 151. The molecule has 82 valence electrons. The molecular formula is C11H23N3. The number of nitrogens with zero attached hydrogens (tertiary/aromatic N) is 1. The predicted octanol–water partition coefficient (Wildman–Crippen LogP) is 1.70. The Labute approximate surface area is 87.4 Å². The van der Waals surface area contributed by atoms with Gasteiger partial charge in [0, 0.05) is 13.1 Å². The lowest BCUT2D eigenvalue weighted by atomic mass is 9.92. The molecule has 1 heterocycles. The van der Waals surface area contributed by atoms with E-state index in [1.54, 1.807) is 0 Å². The zero-order valence-electron chi connectivity index (χ0n) is 9.26. The largest absolute Gasteiger partial charge is 0.375 e. The van der Waals surface area contributed by atoms with Gasteiger partial charge in [-0.05, 0) is 31.8 Å². The van der Waals surface area contributed by atoms with E-state index in [1.807, 2.05) is 0 Å². The van der Waals surface area contributed by atoms with Crippen LogP contribution in [0.25, 0.3) is 0 Å². The molecule has 0 atom stereocenters. The normalized spacial score (nSPS) is 19.5. The van der Waals surface area contributed by atoms with E-state index in [9.17, 15) is 0 Å². The summed E-state index contributed by atoms with van der Waals surface area (Å²) in [6.07, 6.45) is 6.77. The first kappa shape index (κ1) is 11.5. The second-order valence-corrected chi connectivity index (χ2v) is 4.17. The van der Waals surface area contributed by atoms with E-state index in [0.29, 0.717) is 0 Å². The Balaban J connectivity index is 2.06. The van der Waals surface area contributed by atoms with E-state index in [-0.39, 0.29) is 0 Å². The minimum Gasteiger partial charge on any atom is -0.375 e. The Hall–Kier alpha value is -0.570. The average Bonchev–Trinajstić information content (AvgIpc) is 2.21. The first-order valence-electron chi connectivity index (χ1n) is 5.81. The summed E-state index contributed by atoms with van der Waals surface area (Å²) < 4.78 is 0. The lowest BCUT2D eigenvalue weighted by Gasteiger charge is -2.31. The summed E-state index contributed by atoms with van der Waals surface area (Å²) in [7, 11) is 0. The molecule has 1 rings (SSSR count). The van der Waals surface area contributed by atoms with Crippen molar-refractivity contribution in [3.63, 3.8) is 0 Å². The van der Waals surface area contributed by atoms with Crippen LogP contribution in [-0.2, 0) is 0 Å². The first-order valence-corrected chi connectivity index (χ1v) is 5.81. The fourth-order valence-corrected chi connectivity index (χ4v) is 2.20. The van der Waals surface area contributed by atoms with Crippen molar-refractivity contribution in [2.45, 2.75) is 32.6 Å². The average molecular weight is 197 g/mol. The fourth-order valence-electron chi connectivity index (χ4n) is 2.20. The summed E-state index contributed by atoms with van der Waals surface area (Å²) in [6, 6.07) is 0. The zero-order chi connectivity index (χ0) is 10.2. The lowest BCUT2D eigenvalue weighted by Crippen LogP contribution is -2.38. The van der Waals surface area contributed by atoms with Gasteiger partial charge in [-0.1, -0.05) is 19.8 Å². The van der Waals surface area contributed by atoms with Crippen LogP contribution in [0.15, 0.2) is 0 Å². The molecule has 0 amide bonds. The van der Waals surface area contributed by atoms with Crippen molar-refractivity contribution >= 4 is 6.34 Å². The summed E-state index contributed by atoms with van der Waals surface area (Å²) in [5, 5.41) is 9.78.